The van der Waals surface area contributed by atoms with Gasteiger partial charge in [0.1, 0.15) is 17.1 Å². The Morgan fingerprint density at radius 1 is 1.21 bits per heavy atom. The van der Waals surface area contributed by atoms with Crippen LogP contribution in [0.1, 0.15) is 81.3 Å². The zero-order valence-electron chi connectivity index (χ0n) is 20.0. The first-order valence-electron chi connectivity index (χ1n) is 11.6. The summed E-state index contributed by atoms with van der Waals surface area (Å²) < 4.78 is 6.33. The van der Waals surface area contributed by atoms with E-state index in [9.17, 15) is 19.8 Å². The number of benzene rings is 1. The summed E-state index contributed by atoms with van der Waals surface area (Å²) in [6.45, 7) is 8.48. The molecule has 0 fully saturated rings. The number of hydrogen-bond acceptors (Lipinski definition) is 5. The number of allylic oxidation sites excluding steroid dienone is 4. The van der Waals surface area contributed by atoms with Crippen LogP contribution in [0.5, 0.6) is 11.5 Å². The maximum absolute atomic E-state index is 12.8. The van der Waals surface area contributed by atoms with Crippen LogP contribution >= 0.6 is 0 Å². The van der Waals surface area contributed by atoms with Gasteiger partial charge in [-0.15, -0.1) is 0 Å². The first-order valence-corrected chi connectivity index (χ1v) is 11.6. The molecule has 0 aliphatic carbocycles. The lowest BCUT2D eigenvalue weighted by atomic mass is 9.84. The largest absolute Gasteiger partial charge is 0.508 e. The Hall–Kier alpha value is -2.80. The van der Waals surface area contributed by atoms with Crippen molar-refractivity contribution in [1.82, 2.24) is 4.90 Å². The van der Waals surface area contributed by atoms with E-state index in [1.807, 2.05) is 6.92 Å². The summed E-state index contributed by atoms with van der Waals surface area (Å²) in [7, 11) is 0. The number of fused-ring (bicyclic) bond motifs is 3. The lowest BCUT2D eigenvalue weighted by molar-refractivity contribution is -0.137. The molecule has 0 bridgehead atoms. The van der Waals surface area contributed by atoms with Crippen molar-refractivity contribution in [2.45, 2.75) is 84.5 Å². The van der Waals surface area contributed by atoms with Crippen molar-refractivity contribution in [2.24, 2.45) is 0 Å². The molecule has 0 saturated heterocycles. The third kappa shape index (κ3) is 5.58. The van der Waals surface area contributed by atoms with Gasteiger partial charge in [0.05, 0.1) is 24.6 Å². The fourth-order valence-electron chi connectivity index (χ4n) is 4.47. The van der Waals surface area contributed by atoms with Crippen molar-refractivity contribution in [3.63, 3.8) is 0 Å². The predicted molar refractivity (Wildman–Crippen MR) is 125 cm³/mol. The number of ether oxygens (including phenoxy) is 1. The third-order valence-corrected chi connectivity index (χ3v) is 6.59. The maximum atomic E-state index is 12.8. The van der Waals surface area contributed by atoms with E-state index in [-0.39, 0.29) is 37.6 Å². The van der Waals surface area contributed by atoms with Crippen LogP contribution in [0, 0.1) is 0 Å². The number of aliphatic carboxylic acids is 1. The van der Waals surface area contributed by atoms with Gasteiger partial charge in [-0.2, -0.15) is 0 Å². The second-order valence-corrected chi connectivity index (χ2v) is 9.64. The van der Waals surface area contributed by atoms with Crippen LogP contribution in [0.2, 0.25) is 0 Å². The molecule has 2 aliphatic rings. The fourth-order valence-corrected chi connectivity index (χ4v) is 4.47. The molecule has 7 heteroatoms. The van der Waals surface area contributed by atoms with Crippen LogP contribution in [-0.2, 0) is 17.8 Å². The number of aliphatic hydroxyl groups is 1. The number of carboxylic acid groups (broad SMARTS) is 1. The van der Waals surface area contributed by atoms with E-state index in [1.54, 1.807) is 0 Å². The Kier molecular flexibility index (Phi) is 7.52. The number of aliphatic hydroxyl groups excluding tert-OH is 1. The van der Waals surface area contributed by atoms with E-state index < -0.39 is 17.7 Å². The second kappa shape index (κ2) is 10.00. The van der Waals surface area contributed by atoms with Crippen LogP contribution in [-0.4, -0.2) is 50.3 Å². The minimum Gasteiger partial charge on any atom is -0.508 e. The van der Waals surface area contributed by atoms with E-state index in [1.165, 1.54) is 22.1 Å². The Bertz CT molecular complexity index is 991. The number of phenolic OH excluding ortho intramolecular Hbond substituents is 1. The second-order valence-electron chi connectivity index (χ2n) is 9.64. The van der Waals surface area contributed by atoms with E-state index in [0.29, 0.717) is 28.9 Å². The molecule has 3 rings (SSSR count). The summed E-state index contributed by atoms with van der Waals surface area (Å²) in [5.74, 6) is -0.906. The van der Waals surface area contributed by atoms with Crippen LogP contribution in [0.25, 0.3) is 0 Å². The number of carbonyl (C=O) groups excluding carboxylic acids is 1. The van der Waals surface area contributed by atoms with Crippen molar-refractivity contribution in [1.29, 1.82) is 0 Å². The minimum absolute atomic E-state index is 0.0757. The summed E-state index contributed by atoms with van der Waals surface area (Å²) in [6.07, 6.45) is 7.02. The summed E-state index contributed by atoms with van der Waals surface area (Å²) in [5, 5.41) is 30.4. The standard InChI is InChI=1S/C26H35NO6/c1-16(2)7-5-8-17(3)9-6-11-26(4)22(29)14-19-21(28)13-18-20(24(19)33-26)15-27(25(18)32)12-10-23(30)31/h7,9,13,22,28-29H,5-6,8,10-12,14-15H2,1-4H3,(H,30,31)/b17-9+/t22-,26-/m0/s1. The molecule has 1 aromatic carbocycles. The maximum Gasteiger partial charge on any atom is 0.305 e. The Labute approximate surface area is 195 Å². The van der Waals surface area contributed by atoms with Crippen molar-refractivity contribution < 1.29 is 29.6 Å². The first kappa shape index (κ1) is 24.8. The van der Waals surface area contributed by atoms with Crippen LogP contribution in [0.3, 0.4) is 0 Å². The molecule has 7 nitrogen and oxygen atoms in total. The molecule has 1 aromatic rings. The van der Waals surface area contributed by atoms with E-state index in [4.69, 9.17) is 9.84 Å². The lowest BCUT2D eigenvalue weighted by Gasteiger charge is -2.40. The molecule has 2 aliphatic heterocycles. The van der Waals surface area contributed by atoms with Gasteiger partial charge in [0.25, 0.3) is 5.91 Å². The van der Waals surface area contributed by atoms with Crippen molar-refractivity contribution in [3.8, 4) is 11.5 Å². The number of amides is 1. The Balaban J connectivity index is 1.76. The molecule has 2 heterocycles. The summed E-state index contributed by atoms with van der Waals surface area (Å²) >= 11 is 0. The number of rotatable bonds is 9. The third-order valence-electron chi connectivity index (χ3n) is 6.59. The molecule has 0 unspecified atom stereocenters. The predicted octanol–water partition coefficient (Wildman–Crippen LogP) is 4.35. The first-order chi connectivity index (χ1) is 15.5. The summed E-state index contributed by atoms with van der Waals surface area (Å²) in [5.41, 5.74) is 3.24. The SMILES string of the molecule is CC(C)=CCC/C(C)=C/CC[C@]1(C)Oc2c(c(O)cc3c2CN(CCC(=O)O)C3=O)C[C@@H]1O. The van der Waals surface area contributed by atoms with Gasteiger partial charge < -0.3 is 25.0 Å². The van der Waals surface area contributed by atoms with Crippen molar-refractivity contribution >= 4 is 11.9 Å². The molecule has 180 valence electrons. The van der Waals surface area contributed by atoms with Gasteiger partial charge in [-0.3, -0.25) is 9.59 Å². The number of carbonyl (C=O) groups is 2. The number of phenols is 1. The van der Waals surface area contributed by atoms with Crippen LogP contribution in [0.4, 0.5) is 0 Å². The van der Waals surface area contributed by atoms with Crippen LogP contribution < -0.4 is 4.74 Å². The highest BCUT2D eigenvalue weighted by Crippen LogP contribution is 2.46. The van der Waals surface area contributed by atoms with Gasteiger partial charge >= 0.3 is 5.97 Å². The number of hydrogen-bond donors (Lipinski definition) is 3. The molecule has 3 N–H and O–H groups in total. The molecular formula is C26H35NO6. The van der Waals surface area contributed by atoms with Gasteiger partial charge in [-0.05, 0) is 59.4 Å². The topological polar surface area (TPSA) is 107 Å². The Morgan fingerprint density at radius 2 is 1.94 bits per heavy atom. The van der Waals surface area contributed by atoms with Gasteiger partial charge in [0.15, 0.2) is 0 Å². The molecular weight excluding hydrogens is 422 g/mol. The number of carboxylic acids is 1. The molecule has 0 spiro atoms. The quantitative estimate of drug-likeness (QED) is 0.476. The zero-order valence-corrected chi connectivity index (χ0v) is 20.0. The van der Waals surface area contributed by atoms with Gasteiger partial charge in [0, 0.05) is 24.1 Å². The van der Waals surface area contributed by atoms with E-state index in [2.05, 4.69) is 32.9 Å². The molecule has 0 aromatic heterocycles. The van der Waals surface area contributed by atoms with Gasteiger partial charge in [-0.1, -0.05) is 23.3 Å². The monoisotopic (exact) mass is 457 g/mol. The number of aromatic hydroxyl groups is 1. The normalized spacial score (nSPS) is 22.0. The molecule has 2 atom stereocenters. The molecule has 1 amide bonds. The van der Waals surface area contributed by atoms with Crippen molar-refractivity contribution in [2.75, 3.05) is 6.54 Å². The summed E-state index contributed by atoms with van der Waals surface area (Å²) in [4.78, 5) is 25.2. The molecule has 0 radical (unpaired) electrons. The average molecular weight is 458 g/mol. The molecule has 0 saturated carbocycles. The molecule has 33 heavy (non-hydrogen) atoms. The van der Waals surface area contributed by atoms with Gasteiger partial charge in [-0.25, -0.2) is 0 Å². The zero-order chi connectivity index (χ0) is 24.3. The highest BCUT2D eigenvalue weighted by Gasteiger charge is 2.44. The van der Waals surface area contributed by atoms with E-state index >= 15 is 0 Å². The van der Waals surface area contributed by atoms with Crippen molar-refractivity contribution in [3.05, 3.63) is 46.1 Å². The lowest BCUT2D eigenvalue weighted by Crippen LogP contribution is -2.49. The highest BCUT2D eigenvalue weighted by molar-refractivity contribution is 6.00. The summed E-state index contributed by atoms with van der Waals surface area (Å²) in [6, 6.07) is 1.41. The highest BCUT2D eigenvalue weighted by atomic mass is 16.5. The van der Waals surface area contributed by atoms with Crippen LogP contribution in [0.15, 0.2) is 29.4 Å². The Morgan fingerprint density at radius 3 is 2.61 bits per heavy atom. The van der Waals surface area contributed by atoms with Gasteiger partial charge in [0.2, 0.25) is 0 Å². The number of nitrogens with zero attached hydrogens (tertiary/aromatic N) is 1. The average Bonchev–Trinajstić information content (AvgIpc) is 3.03. The van der Waals surface area contributed by atoms with E-state index in [0.717, 1.165) is 19.3 Å². The fraction of sp³-hybridized carbons (Fsp3) is 0.538. The minimum atomic E-state index is -0.972. The smallest absolute Gasteiger partial charge is 0.305 e.